The zero-order valence-corrected chi connectivity index (χ0v) is 43.2. The second-order valence-corrected chi connectivity index (χ2v) is 19.3. The third-order valence-corrected chi connectivity index (χ3v) is 13.3. The Morgan fingerprint density at radius 3 is 1.09 bits per heavy atom. The van der Waals surface area contributed by atoms with Crippen LogP contribution in [-0.4, -0.2) is 285 Å². The summed E-state index contributed by atoms with van der Waals surface area (Å²) in [5.74, 6) is -2.00. The molecule has 0 amide bonds. The van der Waals surface area contributed by atoms with Gasteiger partial charge in [-0.25, -0.2) is 9.59 Å². The Labute approximate surface area is 452 Å². The first kappa shape index (κ1) is 65.9. The molecule has 0 aromatic carbocycles. The first-order chi connectivity index (χ1) is 37.3. The van der Waals surface area contributed by atoms with Crippen LogP contribution < -0.4 is 0 Å². The molecule has 5 fully saturated rings. The summed E-state index contributed by atoms with van der Waals surface area (Å²) >= 11 is 0. The average Bonchev–Trinajstić information content (AvgIpc) is 3.53. The monoisotopic (exact) mass is 1140 g/mol. The largest absolute Gasteiger partial charge is 0.429 e. The van der Waals surface area contributed by atoms with Gasteiger partial charge in [0.25, 0.3) is 0 Å². The van der Waals surface area contributed by atoms with E-state index in [4.69, 9.17) is 47.4 Å². The lowest BCUT2D eigenvalue weighted by atomic mass is 9.97. The van der Waals surface area contributed by atoms with Crippen molar-refractivity contribution in [2.75, 3.05) is 33.0 Å². The fourth-order valence-corrected chi connectivity index (χ4v) is 8.31. The molecule has 0 radical (unpaired) electrons. The van der Waals surface area contributed by atoms with Crippen LogP contribution in [0, 0.1) is 0 Å². The number of carbonyl (C=O) groups excluding carboxylic acids is 2. The van der Waals surface area contributed by atoms with E-state index in [1.807, 2.05) is 0 Å². The third-order valence-electron chi connectivity index (χ3n) is 13.3. The predicted octanol–water partition coefficient (Wildman–Crippen LogP) is -7.40. The van der Waals surface area contributed by atoms with Gasteiger partial charge in [0.15, 0.2) is 25.0 Å². The van der Waals surface area contributed by atoms with Crippen LogP contribution in [0.15, 0.2) is 83.1 Å². The molecule has 29 heteroatoms. The number of esters is 2. The summed E-state index contributed by atoms with van der Waals surface area (Å²) in [5, 5.41) is 174. The van der Waals surface area contributed by atoms with Gasteiger partial charge in [0, 0.05) is 11.1 Å². The molecule has 25 atom stereocenters. The number of rotatable bonds is 21. The van der Waals surface area contributed by atoms with Gasteiger partial charge in [-0.05, 0) is 27.7 Å². The molecular formula is C50H74O29. The minimum Gasteiger partial charge on any atom is -0.429 e. The summed E-state index contributed by atoms with van der Waals surface area (Å²) in [4.78, 5) is 26.3. The molecule has 29 nitrogen and oxygen atoms in total. The molecule has 5 aliphatic heterocycles. The molecule has 79 heavy (non-hydrogen) atoms. The van der Waals surface area contributed by atoms with Gasteiger partial charge in [-0.1, -0.05) is 71.9 Å². The molecule has 0 saturated carbocycles. The standard InChI is InChI=1S/C50H74O29/c1-20(11-7-13-22(3)44(68)78-49-42(67)37(62)32(57)27(75-49)18-70-46-39(64)34(59)29(54)24(15-51)72-46)9-5-6-10-21(2)12-8-14-23(4)45(69)79-50-43(77-48-41(66)36(61)31(56)26(17-53)74-48)38(63)33(58)28(76-50)19-71-47-40(65)35(60)30(55)25(16-52)73-47/h5-14,24-43,46-67H,15-19H2,1-4H3/b6-5+,11-7+,12-8+,20-9+,21-10+,22-13+,23-14+/t24-,25-,26-,27-,28-,29-,30-,31-,32-,33-,34+,35+,36+,37+,38+,39-,40-,41-,42-,43-,46-,47-,48+,49+,50+/m1/s1. The van der Waals surface area contributed by atoms with E-state index in [2.05, 4.69) is 0 Å². The summed E-state index contributed by atoms with van der Waals surface area (Å²) in [5.41, 5.74) is 1.45. The topological polar surface area (TPSA) is 470 Å². The maximum Gasteiger partial charge on any atom is 0.336 e. The highest BCUT2D eigenvalue weighted by molar-refractivity contribution is 5.88. The molecule has 0 bridgehead atoms. The van der Waals surface area contributed by atoms with Gasteiger partial charge in [0.05, 0.1) is 33.0 Å². The maximum absolute atomic E-state index is 13.4. The van der Waals surface area contributed by atoms with Crippen molar-refractivity contribution in [1.82, 2.24) is 0 Å². The van der Waals surface area contributed by atoms with Gasteiger partial charge in [-0.3, -0.25) is 0 Å². The van der Waals surface area contributed by atoms with Crippen molar-refractivity contribution in [3.05, 3.63) is 83.1 Å². The lowest BCUT2D eigenvalue weighted by molar-refractivity contribution is -0.367. The van der Waals surface area contributed by atoms with Crippen LogP contribution in [0.3, 0.4) is 0 Å². The van der Waals surface area contributed by atoms with E-state index in [-0.39, 0.29) is 11.1 Å². The van der Waals surface area contributed by atoms with E-state index in [0.29, 0.717) is 5.57 Å². The van der Waals surface area contributed by atoms with Crippen molar-refractivity contribution >= 4 is 11.9 Å². The zero-order valence-electron chi connectivity index (χ0n) is 43.2. The minimum absolute atomic E-state index is 0.0299. The average molecular weight is 1140 g/mol. The summed E-state index contributed by atoms with van der Waals surface area (Å²) in [6.07, 6.45) is -27.6. The van der Waals surface area contributed by atoms with Crippen LogP contribution in [0.4, 0.5) is 0 Å². The lowest BCUT2D eigenvalue weighted by Gasteiger charge is -2.46. The minimum atomic E-state index is -2.03. The number of carbonyl (C=O) groups is 2. The molecular weight excluding hydrogens is 1060 g/mol. The van der Waals surface area contributed by atoms with E-state index >= 15 is 0 Å². The third kappa shape index (κ3) is 16.9. The SMILES string of the molecule is CC(/C=C/C=C(\C)C(=O)O[C@@H]1O[C@H](CO[C@@H]2O[C@H](CO)[C@@H](O)[C@H](O)[C@H]2O)[C@@H](O)[C@H](O)[C@H]1O)=C\C=C\C=C(C)\C=C\C=C(/C)C(=O)O[C@@H]1O[C@H](CO[C@@H]2O[C@H](CO)[C@@H](O)[C@H](O)[C@H]2O)[C@@H](O)[C@H](O)[C@H]1O[C@@H]1O[C@H](CO)[C@@H](O)[C@H](O)[C@H]1O. The second kappa shape index (κ2) is 30.4. The highest BCUT2D eigenvalue weighted by Crippen LogP contribution is 2.32. The van der Waals surface area contributed by atoms with Crippen LogP contribution in [0.25, 0.3) is 0 Å². The first-order valence-corrected chi connectivity index (χ1v) is 25.0. The summed E-state index contributed by atoms with van der Waals surface area (Å²) in [6.45, 7) is 2.61. The molecule has 5 rings (SSSR count). The molecule has 0 aromatic heterocycles. The fraction of sp³-hybridized carbons (Fsp3) is 0.680. The number of allylic oxidation sites excluding steroid dienone is 12. The van der Waals surface area contributed by atoms with Gasteiger partial charge in [-0.15, -0.1) is 0 Å². The normalized spacial score (nSPS) is 42.3. The molecule has 0 unspecified atom stereocenters. The summed E-state index contributed by atoms with van der Waals surface area (Å²) in [7, 11) is 0. The molecule has 5 heterocycles. The Kier molecular flexibility index (Phi) is 25.4. The van der Waals surface area contributed by atoms with Crippen LogP contribution >= 0.6 is 0 Å². The molecule has 0 aliphatic carbocycles. The molecule has 17 N–H and O–H groups in total. The van der Waals surface area contributed by atoms with Crippen molar-refractivity contribution in [2.24, 2.45) is 0 Å². The Balaban J connectivity index is 1.15. The molecule has 0 aromatic rings. The Morgan fingerprint density at radius 2 is 0.684 bits per heavy atom. The number of hydrogen-bond acceptors (Lipinski definition) is 29. The zero-order chi connectivity index (χ0) is 58.6. The fourth-order valence-electron chi connectivity index (χ4n) is 8.31. The van der Waals surface area contributed by atoms with Gasteiger partial charge in [0.1, 0.15) is 116 Å². The molecule has 0 spiro atoms. The summed E-state index contributed by atoms with van der Waals surface area (Å²) < 4.78 is 54.6. The van der Waals surface area contributed by atoms with E-state index in [1.165, 1.54) is 38.2 Å². The number of aliphatic hydroxyl groups is 17. The van der Waals surface area contributed by atoms with Crippen LogP contribution in [0.5, 0.6) is 0 Å². The van der Waals surface area contributed by atoms with Crippen LogP contribution in [0.2, 0.25) is 0 Å². The van der Waals surface area contributed by atoms with E-state index in [0.717, 1.165) is 5.57 Å². The Hall–Kier alpha value is -3.88. The molecule has 5 aliphatic rings. The number of aliphatic hydroxyl groups excluding tert-OH is 17. The Bertz CT molecular complexity index is 2170. The first-order valence-electron chi connectivity index (χ1n) is 25.0. The highest BCUT2D eigenvalue weighted by atomic mass is 16.8. The quantitative estimate of drug-likeness (QED) is 0.0288. The van der Waals surface area contributed by atoms with E-state index in [9.17, 15) is 96.4 Å². The molecule has 5 saturated heterocycles. The number of hydrogen-bond donors (Lipinski definition) is 17. The highest BCUT2D eigenvalue weighted by Gasteiger charge is 2.53. The van der Waals surface area contributed by atoms with Crippen LogP contribution in [0.1, 0.15) is 27.7 Å². The Morgan fingerprint density at radius 1 is 0.367 bits per heavy atom. The maximum atomic E-state index is 13.4. The lowest BCUT2D eigenvalue weighted by Crippen LogP contribution is -2.65. The van der Waals surface area contributed by atoms with Crippen molar-refractivity contribution in [3.8, 4) is 0 Å². The van der Waals surface area contributed by atoms with Gasteiger partial charge < -0.3 is 134 Å². The number of ether oxygens (including phenoxy) is 10. The predicted molar refractivity (Wildman–Crippen MR) is 260 cm³/mol. The van der Waals surface area contributed by atoms with Crippen molar-refractivity contribution in [1.29, 1.82) is 0 Å². The smallest absolute Gasteiger partial charge is 0.336 e. The van der Waals surface area contributed by atoms with Crippen LogP contribution in [-0.2, 0) is 57.0 Å². The van der Waals surface area contributed by atoms with Crippen molar-refractivity contribution < 1.29 is 144 Å². The molecule has 448 valence electrons. The second-order valence-electron chi connectivity index (χ2n) is 19.3. The van der Waals surface area contributed by atoms with Crippen molar-refractivity contribution in [3.63, 3.8) is 0 Å². The van der Waals surface area contributed by atoms with E-state index < -0.39 is 199 Å². The van der Waals surface area contributed by atoms with Gasteiger partial charge >= 0.3 is 11.9 Å². The summed E-state index contributed by atoms with van der Waals surface area (Å²) in [6, 6.07) is 0. The van der Waals surface area contributed by atoms with Gasteiger partial charge in [0.2, 0.25) is 12.6 Å². The van der Waals surface area contributed by atoms with Gasteiger partial charge in [-0.2, -0.15) is 0 Å². The van der Waals surface area contributed by atoms with Crippen molar-refractivity contribution in [2.45, 2.75) is 181 Å². The van der Waals surface area contributed by atoms with E-state index in [1.54, 1.807) is 50.3 Å².